The van der Waals surface area contributed by atoms with Crippen LogP contribution < -0.4 is 16.0 Å². The first-order valence-electron chi connectivity index (χ1n) is 13.4. The molecule has 0 aliphatic heterocycles. The second-order valence-electron chi connectivity index (χ2n) is 11.3. The average molecular weight is 598 g/mol. The van der Waals surface area contributed by atoms with E-state index in [1.54, 1.807) is 20.8 Å². The molecule has 0 radical (unpaired) electrons. The van der Waals surface area contributed by atoms with E-state index in [2.05, 4.69) is 20.9 Å². The first-order chi connectivity index (χ1) is 20.1. The van der Waals surface area contributed by atoms with Gasteiger partial charge in [-0.05, 0) is 57.9 Å². The summed E-state index contributed by atoms with van der Waals surface area (Å²) in [4.78, 5) is 54.9. The van der Waals surface area contributed by atoms with E-state index in [4.69, 9.17) is 9.47 Å². The summed E-state index contributed by atoms with van der Waals surface area (Å²) in [6, 6.07) is 11.8. The van der Waals surface area contributed by atoms with Crippen LogP contribution in [0.2, 0.25) is 0 Å². The van der Waals surface area contributed by atoms with Crippen LogP contribution in [0.25, 0.3) is 0 Å². The number of halogens is 1. The summed E-state index contributed by atoms with van der Waals surface area (Å²) < 4.78 is 25.9. The number of anilines is 1. The van der Waals surface area contributed by atoms with Crippen LogP contribution in [0.4, 0.5) is 15.0 Å². The Morgan fingerprint density at radius 3 is 2.35 bits per heavy atom. The molecule has 0 bridgehead atoms. The van der Waals surface area contributed by atoms with Gasteiger partial charge in [0.2, 0.25) is 5.91 Å². The van der Waals surface area contributed by atoms with Gasteiger partial charge < -0.3 is 35.1 Å². The van der Waals surface area contributed by atoms with Crippen molar-refractivity contribution in [3.05, 3.63) is 84.1 Å². The Bertz CT molecular complexity index is 1440. The first-order valence-corrected chi connectivity index (χ1v) is 13.4. The SMILES string of the molecule is CC(C)(C)OC(=O)NC(C)(C)C(=O)N[C@H](COCc1ccccc1)C(=O)Nc1cn(C(C(=O)O)c2cccc(F)c2)cn1. The predicted octanol–water partition coefficient (Wildman–Crippen LogP) is 3.64. The fourth-order valence-electron chi connectivity index (χ4n) is 3.88. The van der Waals surface area contributed by atoms with Crippen LogP contribution >= 0.6 is 0 Å². The molecule has 0 aliphatic carbocycles. The lowest BCUT2D eigenvalue weighted by Gasteiger charge is -2.29. The van der Waals surface area contributed by atoms with Gasteiger partial charge in [0, 0.05) is 6.20 Å². The van der Waals surface area contributed by atoms with Crippen molar-refractivity contribution in [3.63, 3.8) is 0 Å². The fourth-order valence-corrected chi connectivity index (χ4v) is 3.88. The highest BCUT2D eigenvalue weighted by Gasteiger charge is 2.35. The van der Waals surface area contributed by atoms with E-state index in [-0.39, 0.29) is 24.6 Å². The number of nitrogens with one attached hydrogen (secondary N) is 3. The number of carboxylic acid groups (broad SMARTS) is 1. The summed E-state index contributed by atoms with van der Waals surface area (Å²) in [7, 11) is 0. The summed E-state index contributed by atoms with van der Waals surface area (Å²) >= 11 is 0. The molecule has 0 aliphatic rings. The quantitative estimate of drug-likeness (QED) is 0.246. The maximum Gasteiger partial charge on any atom is 0.408 e. The molecule has 4 N–H and O–H groups in total. The van der Waals surface area contributed by atoms with E-state index in [9.17, 15) is 28.7 Å². The van der Waals surface area contributed by atoms with E-state index >= 15 is 0 Å². The Hall–Kier alpha value is -4.78. The molecule has 1 aromatic heterocycles. The Morgan fingerprint density at radius 1 is 1.02 bits per heavy atom. The van der Waals surface area contributed by atoms with Gasteiger partial charge in [0.15, 0.2) is 11.9 Å². The minimum atomic E-state index is -1.47. The molecule has 1 unspecified atom stereocenters. The van der Waals surface area contributed by atoms with E-state index in [1.165, 1.54) is 49.1 Å². The smallest absolute Gasteiger partial charge is 0.408 e. The van der Waals surface area contributed by atoms with Crippen LogP contribution in [0, 0.1) is 5.82 Å². The van der Waals surface area contributed by atoms with Crippen molar-refractivity contribution in [2.75, 3.05) is 11.9 Å². The molecule has 2 atom stereocenters. The number of rotatable bonds is 12. The van der Waals surface area contributed by atoms with Crippen LogP contribution in [0.15, 0.2) is 67.1 Å². The molecule has 2 aromatic carbocycles. The summed E-state index contributed by atoms with van der Waals surface area (Å²) in [5.74, 6) is -3.28. The lowest BCUT2D eigenvalue weighted by molar-refractivity contribution is -0.139. The number of amides is 3. The van der Waals surface area contributed by atoms with Gasteiger partial charge in [0.1, 0.15) is 23.0 Å². The van der Waals surface area contributed by atoms with Gasteiger partial charge >= 0.3 is 12.1 Å². The predicted molar refractivity (Wildman–Crippen MR) is 155 cm³/mol. The minimum absolute atomic E-state index is 0.0129. The molecule has 12 nitrogen and oxygen atoms in total. The van der Waals surface area contributed by atoms with Crippen molar-refractivity contribution in [2.45, 2.75) is 64.4 Å². The number of carboxylic acids is 1. The highest BCUT2D eigenvalue weighted by molar-refractivity contribution is 5.98. The zero-order valence-corrected chi connectivity index (χ0v) is 24.6. The molecule has 3 amide bonds. The average Bonchev–Trinajstić information content (AvgIpc) is 3.34. The Labute approximate surface area is 248 Å². The lowest BCUT2D eigenvalue weighted by atomic mass is 10.0. The van der Waals surface area contributed by atoms with Crippen LogP contribution in [-0.4, -0.2) is 62.3 Å². The van der Waals surface area contributed by atoms with E-state index in [0.717, 1.165) is 11.6 Å². The van der Waals surface area contributed by atoms with Crippen molar-refractivity contribution >= 4 is 29.7 Å². The molecule has 13 heteroatoms. The number of imidazole rings is 1. The van der Waals surface area contributed by atoms with Crippen molar-refractivity contribution < 1.29 is 38.1 Å². The van der Waals surface area contributed by atoms with Crippen LogP contribution in [0.5, 0.6) is 0 Å². The van der Waals surface area contributed by atoms with Crippen molar-refractivity contribution in [2.24, 2.45) is 0 Å². The molecule has 3 rings (SSSR count). The lowest BCUT2D eigenvalue weighted by Crippen LogP contribution is -2.59. The molecular formula is C30H36FN5O7. The second-order valence-corrected chi connectivity index (χ2v) is 11.3. The molecule has 0 saturated heterocycles. The molecule has 1 heterocycles. The molecule has 0 saturated carbocycles. The Balaban J connectivity index is 1.76. The van der Waals surface area contributed by atoms with Crippen LogP contribution in [0.3, 0.4) is 0 Å². The number of benzene rings is 2. The van der Waals surface area contributed by atoms with E-state index in [0.29, 0.717) is 0 Å². The maximum atomic E-state index is 13.8. The maximum absolute atomic E-state index is 13.8. The topological polar surface area (TPSA) is 161 Å². The number of carbonyl (C=O) groups is 4. The van der Waals surface area contributed by atoms with Gasteiger partial charge in [-0.3, -0.25) is 9.59 Å². The number of carbonyl (C=O) groups excluding carboxylic acids is 3. The van der Waals surface area contributed by atoms with Gasteiger partial charge in [-0.2, -0.15) is 0 Å². The number of hydrogen-bond acceptors (Lipinski definition) is 7. The van der Waals surface area contributed by atoms with Crippen LogP contribution in [-0.2, 0) is 30.5 Å². The summed E-state index contributed by atoms with van der Waals surface area (Å²) in [6.45, 7) is 7.87. The normalized spacial score (nSPS) is 13.0. The Morgan fingerprint density at radius 2 is 1.72 bits per heavy atom. The third-order valence-corrected chi connectivity index (χ3v) is 5.95. The summed E-state index contributed by atoms with van der Waals surface area (Å²) in [6.07, 6.45) is 1.65. The molecule has 0 fully saturated rings. The number of nitrogens with zero attached hydrogens (tertiary/aromatic N) is 2. The van der Waals surface area contributed by atoms with Crippen molar-refractivity contribution in [3.8, 4) is 0 Å². The molecule has 0 spiro atoms. The first kappa shape index (κ1) is 32.7. The third kappa shape index (κ3) is 9.92. The van der Waals surface area contributed by atoms with Gasteiger partial charge in [0.25, 0.3) is 5.91 Å². The van der Waals surface area contributed by atoms with Gasteiger partial charge in [-0.15, -0.1) is 0 Å². The van der Waals surface area contributed by atoms with Crippen molar-refractivity contribution in [1.82, 2.24) is 20.2 Å². The second kappa shape index (κ2) is 13.9. The van der Waals surface area contributed by atoms with E-state index in [1.807, 2.05) is 30.3 Å². The number of ether oxygens (including phenoxy) is 2. The van der Waals surface area contributed by atoms with Gasteiger partial charge in [0.05, 0.1) is 19.5 Å². The monoisotopic (exact) mass is 597 g/mol. The molecule has 3 aromatic rings. The highest BCUT2D eigenvalue weighted by Crippen LogP contribution is 2.21. The summed E-state index contributed by atoms with van der Waals surface area (Å²) in [5.41, 5.74) is -1.25. The fraction of sp³-hybridized carbons (Fsp3) is 0.367. The standard InChI is InChI=1S/C30H36FN5O7/c1-29(2,3)43-28(41)35-30(4,5)27(40)33-22(17-42-16-19-10-7-6-8-11-19)25(37)34-23-15-36(18-32-23)24(26(38)39)20-12-9-13-21(31)14-20/h6-15,18,22,24H,16-17H2,1-5H3,(H,33,40)(H,34,37)(H,35,41)(H,38,39)/t22-,24?/m1/s1. The largest absolute Gasteiger partial charge is 0.479 e. The number of alkyl carbamates (subject to hydrolysis) is 1. The zero-order chi connectivity index (χ0) is 31.8. The molecule has 230 valence electrons. The van der Waals surface area contributed by atoms with Crippen molar-refractivity contribution in [1.29, 1.82) is 0 Å². The van der Waals surface area contributed by atoms with Gasteiger partial charge in [-0.25, -0.2) is 19.0 Å². The number of hydrogen-bond donors (Lipinski definition) is 4. The third-order valence-electron chi connectivity index (χ3n) is 5.95. The number of aliphatic carboxylic acids is 1. The number of aromatic nitrogens is 2. The van der Waals surface area contributed by atoms with Crippen LogP contribution in [0.1, 0.15) is 51.8 Å². The molecular weight excluding hydrogens is 561 g/mol. The van der Waals surface area contributed by atoms with E-state index < -0.39 is 52.9 Å². The summed E-state index contributed by atoms with van der Waals surface area (Å²) in [5, 5.41) is 17.4. The van der Waals surface area contributed by atoms with Gasteiger partial charge in [-0.1, -0.05) is 42.5 Å². The highest BCUT2D eigenvalue weighted by atomic mass is 19.1. The zero-order valence-electron chi connectivity index (χ0n) is 24.6. The molecule has 43 heavy (non-hydrogen) atoms. The minimum Gasteiger partial charge on any atom is -0.479 e. The Kier molecular flexibility index (Phi) is 10.6.